The van der Waals surface area contributed by atoms with Crippen LogP contribution in [0.15, 0.2) is 35.1 Å². The Bertz CT molecular complexity index is 848. The third kappa shape index (κ3) is 3.53. The second-order valence-electron chi connectivity index (χ2n) is 6.31. The minimum Gasteiger partial charge on any atom is -0.354 e. The molecule has 0 atom stereocenters. The number of rotatable bonds is 4. The lowest BCUT2D eigenvalue weighted by atomic mass is 10.3. The maximum absolute atomic E-state index is 5.04. The van der Waals surface area contributed by atoms with Gasteiger partial charge in [-0.1, -0.05) is 11.2 Å². The van der Waals surface area contributed by atoms with Crippen LogP contribution in [0.4, 0.5) is 5.82 Å². The highest BCUT2D eigenvalue weighted by molar-refractivity contribution is 5.43. The fraction of sp³-hybridized carbons (Fsp3) is 0.412. The predicted molar refractivity (Wildman–Crippen MR) is 92.6 cm³/mol. The average Bonchev–Trinajstić information content (AvgIpc) is 3.24. The van der Waals surface area contributed by atoms with Crippen molar-refractivity contribution in [3.63, 3.8) is 0 Å². The molecule has 0 saturated carbocycles. The van der Waals surface area contributed by atoms with Gasteiger partial charge in [-0.3, -0.25) is 4.90 Å². The summed E-state index contributed by atoms with van der Waals surface area (Å²) < 4.78 is 6.85. The van der Waals surface area contributed by atoms with Crippen LogP contribution in [0.1, 0.15) is 17.3 Å². The number of aromatic nitrogens is 5. The molecule has 0 unspecified atom stereocenters. The van der Waals surface area contributed by atoms with Crippen molar-refractivity contribution in [3.05, 3.63) is 47.9 Å². The molecule has 4 rings (SSSR count). The number of aryl methyl sites for hydroxylation is 2. The van der Waals surface area contributed by atoms with Gasteiger partial charge in [0.05, 0.1) is 12.7 Å². The minimum absolute atomic E-state index is 0.614. The Kier molecular flexibility index (Phi) is 4.19. The van der Waals surface area contributed by atoms with Gasteiger partial charge < -0.3 is 9.42 Å². The van der Waals surface area contributed by atoms with Gasteiger partial charge in [-0.05, 0) is 24.6 Å². The molecule has 0 bridgehead atoms. The Morgan fingerprint density at radius 3 is 2.52 bits per heavy atom. The second-order valence-corrected chi connectivity index (χ2v) is 6.31. The summed E-state index contributed by atoms with van der Waals surface area (Å²) in [6.45, 7) is 8.30. The number of anilines is 1. The van der Waals surface area contributed by atoms with E-state index in [-0.39, 0.29) is 0 Å². The summed E-state index contributed by atoms with van der Waals surface area (Å²) in [5.41, 5.74) is 1.12. The van der Waals surface area contributed by atoms with Crippen molar-refractivity contribution < 1.29 is 4.52 Å². The molecule has 3 aromatic heterocycles. The van der Waals surface area contributed by atoms with Gasteiger partial charge in [0.25, 0.3) is 0 Å². The van der Waals surface area contributed by atoms with Gasteiger partial charge in [0.1, 0.15) is 5.82 Å². The van der Waals surface area contributed by atoms with Crippen LogP contribution in [-0.2, 0) is 6.54 Å². The van der Waals surface area contributed by atoms with Crippen molar-refractivity contribution in [3.8, 4) is 5.82 Å². The molecular formula is C17H21N7O. The van der Waals surface area contributed by atoms with Gasteiger partial charge in [0.2, 0.25) is 5.89 Å². The number of nitrogens with zero attached hydrogens (tertiary/aromatic N) is 7. The van der Waals surface area contributed by atoms with Crippen molar-refractivity contribution >= 4 is 5.82 Å². The zero-order valence-electron chi connectivity index (χ0n) is 14.5. The number of hydrogen-bond acceptors (Lipinski definition) is 7. The highest BCUT2D eigenvalue weighted by Crippen LogP contribution is 2.17. The molecule has 4 heterocycles. The van der Waals surface area contributed by atoms with Gasteiger partial charge in [0.15, 0.2) is 11.6 Å². The first kappa shape index (κ1) is 15.8. The van der Waals surface area contributed by atoms with E-state index in [0.717, 1.165) is 55.7 Å². The molecule has 0 radical (unpaired) electrons. The Balaban J connectivity index is 1.40. The van der Waals surface area contributed by atoms with Crippen LogP contribution in [0.2, 0.25) is 0 Å². The van der Waals surface area contributed by atoms with Crippen molar-refractivity contribution in [2.75, 3.05) is 31.1 Å². The molecule has 0 N–H and O–H groups in total. The predicted octanol–water partition coefficient (Wildman–Crippen LogP) is 1.59. The second kappa shape index (κ2) is 6.64. The first-order chi connectivity index (χ1) is 12.2. The number of piperazine rings is 1. The zero-order chi connectivity index (χ0) is 17.2. The van der Waals surface area contributed by atoms with E-state index in [1.165, 1.54) is 0 Å². The van der Waals surface area contributed by atoms with E-state index in [1.807, 2.05) is 43.1 Å². The van der Waals surface area contributed by atoms with Crippen LogP contribution in [0.3, 0.4) is 0 Å². The highest BCUT2D eigenvalue weighted by atomic mass is 16.5. The summed E-state index contributed by atoms with van der Waals surface area (Å²) in [5.74, 6) is 3.19. The van der Waals surface area contributed by atoms with E-state index in [4.69, 9.17) is 9.51 Å². The first-order valence-electron chi connectivity index (χ1n) is 8.42. The minimum atomic E-state index is 0.614. The van der Waals surface area contributed by atoms with E-state index >= 15 is 0 Å². The summed E-state index contributed by atoms with van der Waals surface area (Å²) in [7, 11) is 0. The maximum Gasteiger partial charge on any atom is 0.223 e. The van der Waals surface area contributed by atoms with Crippen LogP contribution in [-0.4, -0.2) is 56.0 Å². The van der Waals surface area contributed by atoms with Crippen molar-refractivity contribution in [1.82, 2.24) is 29.8 Å². The van der Waals surface area contributed by atoms with E-state index in [1.54, 1.807) is 0 Å². The van der Waals surface area contributed by atoms with Crippen LogP contribution >= 0.6 is 0 Å². The summed E-state index contributed by atoms with van der Waals surface area (Å²) in [6.07, 6.45) is 3.82. The van der Waals surface area contributed by atoms with Crippen LogP contribution in [0, 0.1) is 13.8 Å². The SMILES string of the molecule is Cc1cnn(-c2cccc(N3CCN(Cc4noc(C)n4)CC3)n2)c1. The smallest absolute Gasteiger partial charge is 0.223 e. The largest absolute Gasteiger partial charge is 0.354 e. The molecule has 0 spiro atoms. The molecule has 8 nitrogen and oxygen atoms in total. The molecule has 0 aliphatic carbocycles. The standard InChI is InChI=1S/C17H21N7O/c1-13-10-18-24(11-13)17-5-3-4-16(20-17)23-8-6-22(7-9-23)12-15-19-14(2)25-21-15/h3-5,10-11H,6-9,12H2,1-2H3. The van der Waals surface area contributed by atoms with E-state index < -0.39 is 0 Å². The van der Waals surface area contributed by atoms with Crippen LogP contribution in [0.5, 0.6) is 0 Å². The van der Waals surface area contributed by atoms with E-state index in [2.05, 4.69) is 31.1 Å². The van der Waals surface area contributed by atoms with Crippen LogP contribution < -0.4 is 4.90 Å². The third-order valence-electron chi connectivity index (χ3n) is 4.30. The van der Waals surface area contributed by atoms with Crippen molar-refractivity contribution in [1.29, 1.82) is 0 Å². The van der Waals surface area contributed by atoms with Gasteiger partial charge >= 0.3 is 0 Å². The molecule has 25 heavy (non-hydrogen) atoms. The zero-order valence-corrected chi connectivity index (χ0v) is 14.5. The lowest BCUT2D eigenvalue weighted by molar-refractivity contribution is 0.239. The molecule has 0 amide bonds. The quantitative estimate of drug-likeness (QED) is 0.714. The Morgan fingerprint density at radius 2 is 1.84 bits per heavy atom. The number of hydrogen-bond donors (Lipinski definition) is 0. The van der Waals surface area contributed by atoms with Gasteiger partial charge in [-0.15, -0.1) is 0 Å². The van der Waals surface area contributed by atoms with Crippen molar-refractivity contribution in [2.45, 2.75) is 20.4 Å². The summed E-state index contributed by atoms with van der Waals surface area (Å²) >= 11 is 0. The summed E-state index contributed by atoms with van der Waals surface area (Å²) in [4.78, 5) is 13.7. The third-order valence-corrected chi connectivity index (χ3v) is 4.30. The molecule has 8 heteroatoms. The van der Waals surface area contributed by atoms with Gasteiger partial charge in [-0.25, -0.2) is 9.67 Å². The molecular weight excluding hydrogens is 318 g/mol. The maximum atomic E-state index is 5.04. The summed E-state index contributed by atoms with van der Waals surface area (Å²) in [6, 6.07) is 6.06. The molecule has 1 aliphatic heterocycles. The number of pyridine rings is 1. The Morgan fingerprint density at radius 1 is 1.04 bits per heavy atom. The van der Waals surface area contributed by atoms with Crippen LogP contribution in [0.25, 0.3) is 5.82 Å². The molecule has 1 aliphatic rings. The fourth-order valence-electron chi connectivity index (χ4n) is 2.99. The molecule has 130 valence electrons. The first-order valence-corrected chi connectivity index (χ1v) is 8.42. The highest BCUT2D eigenvalue weighted by Gasteiger charge is 2.20. The van der Waals surface area contributed by atoms with E-state index in [9.17, 15) is 0 Å². The van der Waals surface area contributed by atoms with Gasteiger partial charge in [0, 0.05) is 39.3 Å². The molecule has 0 aromatic carbocycles. The summed E-state index contributed by atoms with van der Waals surface area (Å²) in [5, 5.41) is 8.31. The fourth-order valence-corrected chi connectivity index (χ4v) is 2.99. The van der Waals surface area contributed by atoms with E-state index in [0.29, 0.717) is 5.89 Å². The average molecular weight is 339 g/mol. The Hall–Kier alpha value is -2.74. The lowest BCUT2D eigenvalue weighted by Crippen LogP contribution is -2.46. The van der Waals surface area contributed by atoms with Gasteiger partial charge in [-0.2, -0.15) is 10.1 Å². The Labute approximate surface area is 146 Å². The molecule has 3 aromatic rings. The topological polar surface area (TPSA) is 76.1 Å². The monoisotopic (exact) mass is 339 g/mol. The lowest BCUT2D eigenvalue weighted by Gasteiger charge is -2.34. The normalized spacial score (nSPS) is 15.7. The molecule has 1 saturated heterocycles. The van der Waals surface area contributed by atoms with Crippen molar-refractivity contribution in [2.24, 2.45) is 0 Å². The molecule has 1 fully saturated rings.